The molecule has 0 aromatic heterocycles. The van der Waals surface area contributed by atoms with Crippen LogP contribution in [-0.4, -0.2) is 27.6 Å². The van der Waals surface area contributed by atoms with E-state index in [9.17, 15) is 20.0 Å². The summed E-state index contributed by atoms with van der Waals surface area (Å²) in [5.41, 5.74) is 2.76. The van der Waals surface area contributed by atoms with Crippen LogP contribution in [0, 0.1) is 17.0 Å². The van der Waals surface area contributed by atoms with E-state index in [4.69, 9.17) is 0 Å². The van der Waals surface area contributed by atoms with Crippen molar-refractivity contribution >= 4 is 11.8 Å². The first-order valence-electron chi connectivity index (χ1n) is 7.22. The van der Waals surface area contributed by atoms with E-state index in [2.05, 4.69) is 0 Å². The molecule has 0 bridgehead atoms. The molecular formula is C17H18N2O4. The quantitative estimate of drug-likeness (QED) is 0.652. The first-order valence-corrected chi connectivity index (χ1v) is 7.22. The summed E-state index contributed by atoms with van der Waals surface area (Å²) in [6.07, 6.45) is -0.438. The molecule has 0 radical (unpaired) electrons. The maximum atomic E-state index is 11.4. The topological polar surface area (TPSA) is 83.7 Å². The fourth-order valence-electron chi connectivity index (χ4n) is 2.36. The van der Waals surface area contributed by atoms with Gasteiger partial charge in [0, 0.05) is 25.2 Å². The molecule has 0 fully saturated rings. The van der Waals surface area contributed by atoms with E-state index < -0.39 is 11.0 Å². The van der Waals surface area contributed by atoms with Gasteiger partial charge in [0.05, 0.1) is 4.92 Å². The van der Waals surface area contributed by atoms with Crippen LogP contribution in [0.3, 0.4) is 0 Å². The SMILES string of the molecule is Cc1cccc(CCN(Cc2cccc([N+](=O)[O-])c2)C(=O)O)c1. The maximum Gasteiger partial charge on any atom is 0.407 e. The molecule has 0 saturated heterocycles. The van der Waals surface area contributed by atoms with Gasteiger partial charge in [-0.15, -0.1) is 0 Å². The molecule has 6 nitrogen and oxygen atoms in total. The number of amides is 1. The molecule has 0 atom stereocenters. The molecule has 2 aromatic rings. The molecule has 6 heteroatoms. The van der Waals surface area contributed by atoms with Gasteiger partial charge in [-0.05, 0) is 24.5 Å². The number of aryl methyl sites for hydroxylation is 1. The third-order valence-corrected chi connectivity index (χ3v) is 3.52. The van der Waals surface area contributed by atoms with Gasteiger partial charge in [-0.25, -0.2) is 4.79 Å². The number of nitro groups is 1. The van der Waals surface area contributed by atoms with Crippen LogP contribution < -0.4 is 0 Å². The van der Waals surface area contributed by atoms with Gasteiger partial charge < -0.3 is 10.0 Å². The van der Waals surface area contributed by atoms with E-state index in [1.165, 1.54) is 17.0 Å². The summed E-state index contributed by atoms with van der Waals surface area (Å²) in [6, 6.07) is 14.0. The minimum absolute atomic E-state index is 0.0356. The van der Waals surface area contributed by atoms with Gasteiger partial charge in [0.1, 0.15) is 0 Å². The first kappa shape index (κ1) is 16.5. The third-order valence-electron chi connectivity index (χ3n) is 3.52. The summed E-state index contributed by atoms with van der Waals surface area (Å²) in [4.78, 5) is 23.0. The molecule has 2 aromatic carbocycles. The number of carboxylic acid groups (broad SMARTS) is 1. The number of rotatable bonds is 6. The lowest BCUT2D eigenvalue weighted by molar-refractivity contribution is -0.384. The highest BCUT2D eigenvalue weighted by atomic mass is 16.6. The molecule has 0 heterocycles. The fourth-order valence-corrected chi connectivity index (χ4v) is 2.36. The number of benzene rings is 2. The lowest BCUT2D eigenvalue weighted by Crippen LogP contribution is -2.31. The second-order valence-electron chi connectivity index (χ2n) is 5.37. The normalized spacial score (nSPS) is 10.3. The third kappa shape index (κ3) is 4.81. The van der Waals surface area contributed by atoms with Gasteiger partial charge in [-0.1, -0.05) is 42.0 Å². The average Bonchev–Trinajstić information content (AvgIpc) is 2.51. The number of nitrogens with zero attached hydrogens (tertiary/aromatic N) is 2. The van der Waals surface area contributed by atoms with Crippen LogP contribution in [0.15, 0.2) is 48.5 Å². The highest BCUT2D eigenvalue weighted by Gasteiger charge is 2.14. The summed E-state index contributed by atoms with van der Waals surface area (Å²) >= 11 is 0. The standard InChI is InChI=1S/C17H18N2O4/c1-13-4-2-5-14(10-13)8-9-18(17(20)21)12-15-6-3-7-16(11-15)19(22)23/h2-7,10-11H,8-9,12H2,1H3,(H,20,21). The van der Waals surface area contributed by atoms with Crippen molar-refractivity contribution < 1.29 is 14.8 Å². The monoisotopic (exact) mass is 314 g/mol. The Morgan fingerprint density at radius 1 is 1.17 bits per heavy atom. The minimum atomic E-state index is -1.04. The second kappa shape index (κ2) is 7.40. The van der Waals surface area contributed by atoms with E-state index >= 15 is 0 Å². The van der Waals surface area contributed by atoms with Crippen molar-refractivity contribution in [2.24, 2.45) is 0 Å². The van der Waals surface area contributed by atoms with Crippen molar-refractivity contribution in [1.29, 1.82) is 0 Å². The Kier molecular flexibility index (Phi) is 5.30. The van der Waals surface area contributed by atoms with E-state index in [1.807, 2.05) is 31.2 Å². The van der Waals surface area contributed by atoms with Crippen LogP contribution in [0.1, 0.15) is 16.7 Å². The lowest BCUT2D eigenvalue weighted by atomic mass is 10.1. The smallest absolute Gasteiger partial charge is 0.407 e. The first-order chi connectivity index (χ1) is 11.0. The second-order valence-corrected chi connectivity index (χ2v) is 5.37. The Hall–Kier alpha value is -2.89. The number of nitro benzene ring substituents is 1. The van der Waals surface area contributed by atoms with Crippen molar-refractivity contribution in [2.45, 2.75) is 19.9 Å². The molecule has 0 aliphatic heterocycles. The molecule has 0 unspecified atom stereocenters. The predicted octanol–water partition coefficient (Wildman–Crippen LogP) is 3.63. The Bertz CT molecular complexity index is 715. The predicted molar refractivity (Wildman–Crippen MR) is 86.4 cm³/mol. The van der Waals surface area contributed by atoms with Crippen LogP contribution in [0.2, 0.25) is 0 Å². The van der Waals surface area contributed by atoms with E-state index in [-0.39, 0.29) is 12.2 Å². The van der Waals surface area contributed by atoms with E-state index in [1.54, 1.807) is 12.1 Å². The van der Waals surface area contributed by atoms with Gasteiger partial charge in [0.2, 0.25) is 0 Å². The number of carbonyl (C=O) groups is 1. The zero-order valence-corrected chi connectivity index (χ0v) is 12.8. The minimum Gasteiger partial charge on any atom is -0.465 e. The Balaban J connectivity index is 2.05. The Morgan fingerprint density at radius 2 is 1.87 bits per heavy atom. The molecule has 120 valence electrons. The zero-order chi connectivity index (χ0) is 16.8. The lowest BCUT2D eigenvalue weighted by Gasteiger charge is -2.19. The fraction of sp³-hybridized carbons (Fsp3) is 0.235. The highest BCUT2D eigenvalue weighted by Crippen LogP contribution is 2.15. The summed E-state index contributed by atoms with van der Waals surface area (Å²) in [6.45, 7) is 2.45. The van der Waals surface area contributed by atoms with Gasteiger partial charge in [0.25, 0.3) is 5.69 Å². The zero-order valence-electron chi connectivity index (χ0n) is 12.8. The molecule has 2 rings (SSSR count). The van der Waals surface area contributed by atoms with Crippen molar-refractivity contribution in [3.63, 3.8) is 0 Å². The van der Waals surface area contributed by atoms with Gasteiger partial charge in [-0.2, -0.15) is 0 Å². The van der Waals surface area contributed by atoms with Crippen LogP contribution in [0.5, 0.6) is 0 Å². The number of non-ortho nitro benzene ring substituents is 1. The molecule has 0 saturated carbocycles. The van der Waals surface area contributed by atoms with Crippen molar-refractivity contribution in [3.8, 4) is 0 Å². The molecule has 1 N–H and O–H groups in total. The molecular weight excluding hydrogens is 296 g/mol. The van der Waals surface area contributed by atoms with E-state index in [0.29, 0.717) is 18.5 Å². The maximum absolute atomic E-state index is 11.4. The number of hydrogen-bond donors (Lipinski definition) is 1. The van der Waals surface area contributed by atoms with E-state index in [0.717, 1.165) is 11.1 Å². The van der Waals surface area contributed by atoms with Crippen molar-refractivity contribution in [1.82, 2.24) is 4.90 Å². The van der Waals surface area contributed by atoms with Gasteiger partial charge in [-0.3, -0.25) is 10.1 Å². The van der Waals surface area contributed by atoms with Crippen LogP contribution in [0.4, 0.5) is 10.5 Å². The molecule has 23 heavy (non-hydrogen) atoms. The summed E-state index contributed by atoms with van der Waals surface area (Å²) in [7, 11) is 0. The number of hydrogen-bond acceptors (Lipinski definition) is 3. The Labute approximate surface area is 134 Å². The summed E-state index contributed by atoms with van der Waals surface area (Å²) < 4.78 is 0. The molecule has 0 spiro atoms. The molecule has 0 aliphatic rings. The summed E-state index contributed by atoms with van der Waals surface area (Å²) in [5.74, 6) is 0. The largest absolute Gasteiger partial charge is 0.465 e. The van der Waals surface area contributed by atoms with Gasteiger partial charge in [0.15, 0.2) is 0 Å². The van der Waals surface area contributed by atoms with Gasteiger partial charge >= 0.3 is 6.09 Å². The summed E-state index contributed by atoms with van der Waals surface area (Å²) in [5, 5.41) is 20.1. The van der Waals surface area contributed by atoms with Crippen molar-refractivity contribution in [2.75, 3.05) is 6.54 Å². The average molecular weight is 314 g/mol. The Morgan fingerprint density at radius 3 is 2.52 bits per heavy atom. The highest BCUT2D eigenvalue weighted by molar-refractivity contribution is 5.65. The van der Waals surface area contributed by atoms with Crippen LogP contribution >= 0.6 is 0 Å². The molecule has 1 amide bonds. The van der Waals surface area contributed by atoms with Crippen LogP contribution in [0.25, 0.3) is 0 Å². The van der Waals surface area contributed by atoms with Crippen LogP contribution in [-0.2, 0) is 13.0 Å². The molecule has 0 aliphatic carbocycles. The van der Waals surface area contributed by atoms with Crippen molar-refractivity contribution in [3.05, 3.63) is 75.3 Å².